The predicted octanol–water partition coefficient (Wildman–Crippen LogP) is 10.2. The highest BCUT2D eigenvalue weighted by molar-refractivity contribution is 6.16. The van der Waals surface area contributed by atoms with Gasteiger partial charge in [0.2, 0.25) is 0 Å². The number of rotatable bonds is 6. The second kappa shape index (κ2) is 11.4. The molecule has 0 radical (unpaired) electrons. The number of hydrogen-bond donors (Lipinski definition) is 1. The first-order chi connectivity index (χ1) is 23.2. The maximum absolute atomic E-state index is 10.0. The molecule has 0 bridgehead atoms. The summed E-state index contributed by atoms with van der Waals surface area (Å²) in [5.74, 6) is 0.736. The highest BCUT2D eigenvalue weighted by atomic mass is 15.1. The lowest BCUT2D eigenvalue weighted by atomic mass is 9.88. The number of hydrogen-bond acceptors (Lipinski definition) is 4. The van der Waals surface area contributed by atoms with Gasteiger partial charge in [0.1, 0.15) is 11.9 Å². The van der Waals surface area contributed by atoms with Crippen molar-refractivity contribution in [3.05, 3.63) is 157 Å². The van der Waals surface area contributed by atoms with Crippen LogP contribution < -0.4 is 0 Å². The molecule has 0 saturated carbocycles. The van der Waals surface area contributed by atoms with E-state index >= 15 is 0 Å². The van der Waals surface area contributed by atoms with Crippen molar-refractivity contribution in [3.63, 3.8) is 0 Å². The Morgan fingerprint density at radius 1 is 0.596 bits per heavy atom. The van der Waals surface area contributed by atoms with E-state index in [-0.39, 0.29) is 0 Å². The zero-order valence-electron chi connectivity index (χ0n) is 25.4. The minimum absolute atomic E-state index is 0.705. The van der Waals surface area contributed by atoms with Crippen LogP contribution in [0, 0.1) is 16.7 Å². The van der Waals surface area contributed by atoms with Gasteiger partial charge in [0.25, 0.3) is 0 Å². The Morgan fingerprint density at radius 3 is 1.79 bits per heavy atom. The maximum Gasteiger partial charge on any atom is 0.138 e. The minimum Gasteiger partial charge on any atom is -0.308 e. The van der Waals surface area contributed by atoms with E-state index < -0.39 is 0 Å². The number of nitrogens with zero attached hydrogens (tertiary/aromatic N) is 4. The van der Waals surface area contributed by atoms with Crippen LogP contribution in [-0.4, -0.2) is 20.7 Å². The molecule has 0 aliphatic carbocycles. The second-order valence-electron chi connectivity index (χ2n) is 11.3. The van der Waals surface area contributed by atoms with Crippen molar-refractivity contribution >= 4 is 44.7 Å². The molecule has 0 saturated heterocycles. The van der Waals surface area contributed by atoms with E-state index in [2.05, 4.69) is 49.0 Å². The van der Waals surface area contributed by atoms with Gasteiger partial charge < -0.3 is 5.41 Å². The van der Waals surface area contributed by atoms with Crippen molar-refractivity contribution in [1.82, 2.24) is 14.5 Å². The van der Waals surface area contributed by atoms with Gasteiger partial charge in [-0.2, -0.15) is 5.26 Å². The quantitative estimate of drug-likeness (QED) is 0.152. The second-order valence-corrected chi connectivity index (χ2v) is 11.3. The first-order valence-corrected chi connectivity index (χ1v) is 15.4. The minimum atomic E-state index is 0.705. The van der Waals surface area contributed by atoms with Gasteiger partial charge in [-0.25, -0.2) is 9.97 Å². The molecule has 8 aromatic rings. The summed E-state index contributed by atoms with van der Waals surface area (Å²) in [7, 11) is 0. The third-order valence-electron chi connectivity index (χ3n) is 8.78. The van der Waals surface area contributed by atoms with E-state index in [1.54, 1.807) is 6.08 Å². The molecular formula is C42H27N5. The molecule has 3 heterocycles. The van der Waals surface area contributed by atoms with E-state index in [4.69, 9.17) is 15.4 Å². The van der Waals surface area contributed by atoms with Crippen LogP contribution in [0.25, 0.3) is 78.1 Å². The van der Waals surface area contributed by atoms with Gasteiger partial charge in [-0.15, -0.1) is 0 Å². The van der Waals surface area contributed by atoms with Gasteiger partial charge in [-0.1, -0.05) is 110 Å². The molecule has 0 fully saturated rings. The van der Waals surface area contributed by atoms with Gasteiger partial charge in [0.15, 0.2) is 0 Å². The summed E-state index contributed by atoms with van der Waals surface area (Å²) in [5, 5.41) is 23.1. The Hall–Kier alpha value is -6.64. The van der Waals surface area contributed by atoms with E-state index in [1.165, 1.54) is 6.21 Å². The lowest BCUT2D eigenvalue weighted by molar-refractivity contribution is 1.03. The van der Waals surface area contributed by atoms with Crippen molar-refractivity contribution in [2.75, 3.05) is 0 Å². The monoisotopic (exact) mass is 601 g/mol. The van der Waals surface area contributed by atoms with Gasteiger partial charge in [0, 0.05) is 33.5 Å². The third-order valence-corrected chi connectivity index (χ3v) is 8.78. The van der Waals surface area contributed by atoms with E-state index in [9.17, 15) is 5.26 Å². The van der Waals surface area contributed by atoms with Crippen molar-refractivity contribution in [2.24, 2.45) is 0 Å². The van der Waals surface area contributed by atoms with E-state index in [0.717, 1.165) is 83.3 Å². The van der Waals surface area contributed by atoms with Crippen LogP contribution in [0.15, 0.2) is 140 Å². The molecule has 5 aromatic carbocycles. The average molecular weight is 602 g/mol. The molecule has 8 rings (SSSR count). The summed E-state index contributed by atoms with van der Waals surface area (Å²) in [6.45, 7) is 4.03. The van der Waals surface area contributed by atoms with Gasteiger partial charge in [-0.05, 0) is 58.3 Å². The molecule has 0 aliphatic rings. The van der Waals surface area contributed by atoms with Gasteiger partial charge in [0.05, 0.1) is 33.9 Å². The summed E-state index contributed by atoms with van der Waals surface area (Å²) in [6, 6.07) is 47.2. The standard InChI is InChI=1S/C42H27N5/c1-2-39-35(26-44)31-13-7-8-19-40(31)47(39)41-20-10-18-38(46-41)37-17-9-16-36(45-37)27-21-23-28(24-22-27)42-32-14-5-3-11-29(32)34(25-43)30-12-4-6-15-33(30)42/h2-24,26,44H,1H2. The zero-order valence-corrected chi connectivity index (χ0v) is 25.4. The zero-order chi connectivity index (χ0) is 31.9. The van der Waals surface area contributed by atoms with Crippen LogP contribution in [-0.2, 0) is 0 Å². The highest BCUT2D eigenvalue weighted by Gasteiger charge is 2.17. The number of para-hydroxylation sites is 1. The Bertz CT molecular complexity index is 2510. The maximum atomic E-state index is 10.0. The molecule has 0 amide bonds. The number of benzene rings is 5. The van der Waals surface area contributed by atoms with Crippen LogP contribution in [0.4, 0.5) is 0 Å². The molecule has 0 atom stereocenters. The predicted molar refractivity (Wildman–Crippen MR) is 193 cm³/mol. The smallest absolute Gasteiger partial charge is 0.138 e. The molecular weight excluding hydrogens is 574 g/mol. The fraction of sp³-hybridized carbons (Fsp3) is 0. The van der Waals surface area contributed by atoms with Gasteiger partial charge in [-0.3, -0.25) is 4.57 Å². The van der Waals surface area contributed by atoms with Crippen molar-refractivity contribution in [2.45, 2.75) is 0 Å². The largest absolute Gasteiger partial charge is 0.308 e. The first kappa shape index (κ1) is 27.9. The van der Waals surface area contributed by atoms with Crippen LogP contribution >= 0.6 is 0 Å². The Morgan fingerprint density at radius 2 is 1.15 bits per heavy atom. The highest BCUT2D eigenvalue weighted by Crippen LogP contribution is 2.39. The number of nitrogens with one attached hydrogen (secondary N) is 1. The van der Waals surface area contributed by atoms with Crippen LogP contribution in [0.3, 0.4) is 0 Å². The Kier molecular flexibility index (Phi) is 6.75. The molecule has 0 spiro atoms. The Labute approximate surface area is 271 Å². The fourth-order valence-electron chi connectivity index (χ4n) is 6.68. The summed E-state index contributed by atoms with van der Waals surface area (Å²) >= 11 is 0. The van der Waals surface area contributed by atoms with E-state index in [1.807, 2.05) is 102 Å². The van der Waals surface area contributed by atoms with Crippen molar-refractivity contribution in [3.8, 4) is 45.7 Å². The molecule has 0 aliphatic heterocycles. The lowest BCUT2D eigenvalue weighted by Gasteiger charge is -2.14. The number of nitriles is 1. The van der Waals surface area contributed by atoms with E-state index in [0.29, 0.717) is 5.56 Å². The van der Waals surface area contributed by atoms with Crippen LogP contribution in [0.2, 0.25) is 0 Å². The molecule has 220 valence electrons. The number of fused-ring (bicyclic) bond motifs is 3. The molecule has 3 aromatic heterocycles. The molecule has 5 heteroatoms. The third kappa shape index (κ3) is 4.51. The van der Waals surface area contributed by atoms with Crippen molar-refractivity contribution < 1.29 is 0 Å². The Balaban J connectivity index is 1.19. The molecule has 47 heavy (non-hydrogen) atoms. The molecule has 0 unspecified atom stereocenters. The lowest BCUT2D eigenvalue weighted by Crippen LogP contribution is -2.02. The SMILES string of the molecule is C=Cc1c(C=N)c2ccccc2n1-c1cccc(-c2cccc(-c3ccc(-c4c5ccccc5c(C#N)c5ccccc45)cc3)n2)n1. The van der Waals surface area contributed by atoms with Crippen LogP contribution in [0.5, 0.6) is 0 Å². The summed E-state index contributed by atoms with van der Waals surface area (Å²) in [5.41, 5.74) is 8.87. The van der Waals surface area contributed by atoms with Gasteiger partial charge >= 0.3 is 0 Å². The number of aromatic nitrogens is 3. The molecule has 1 N–H and O–H groups in total. The first-order valence-electron chi connectivity index (χ1n) is 15.4. The van der Waals surface area contributed by atoms with Crippen molar-refractivity contribution in [1.29, 1.82) is 10.7 Å². The average Bonchev–Trinajstić information content (AvgIpc) is 3.47. The topological polar surface area (TPSA) is 78.4 Å². The molecule has 5 nitrogen and oxygen atoms in total. The number of pyridine rings is 2. The summed E-state index contributed by atoms with van der Waals surface area (Å²) in [6.07, 6.45) is 3.16. The normalized spacial score (nSPS) is 11.1. The summed E-state index contributed by atoms with van der Waals surface area (Å²) < 4.78 is 2.05. The van der Waals surface area contributed by atoms with Crippen LogP contribution in [0.1, 0.15) is 16.8 Å². The summed E-state index contributed by atoms with van der Waals surface area (Å²) in [4.78, 5) is 10.1. The fourth-order valence-corrected chi connectivity index (χ4v) is 6.68.